The number of hydrogen-bond acceptors (Lipinski definition) is 2. The lowest BCUT2D eigenvalue weighted by Crippen LogP contribution is -2.35. The van der Waals surface area contributed by atoms with Crippen molar-refractivity contribution in [3.63, 3.8) is 0 Å². The lowest BCUT2D eigenvalue weighted by Gasteiger charge is -2.31. The summed E-state index contributed by atoms with van der Waals surface area (Å²) in [5.74, 6) is 0. The number of rotatable bonds is 4. The quantitative estimate of drug-likeness (QED) is 0.782. The molecular formula is C15H14BrCl2NO. The molecule has 2 N–H and O–H groups in total. The highest BCUT2D eigenvalue weighted by Gasteiger charge is 2.26. The second kappa shape index (κ2) is 6.35. The summed E-state index contributed by atoms with van der Waals surface area (Å²) in [5, 5.41) is 14.1. The summed E-state index contributed by atoms with van der Waals surface area (Å²) in [6.07, 6.45) is 0. The molecule has 0 aliphatic carbocycles. The predicted octanol–water partition coefficient (Wildman–Crippen LogP) is 5.08. The second-order valence-electron chi connectivity index (χ2n) is 4.75. The van der Waals surface area contributed by atoms with Gasteiger partial charge >= 0.3 is 0 Å². The molecule has 0 heterocycles. The standard InChI is InChI=1S/C15H14BrCl2NO/c1-15(9-20,10-5-6-13(17)14(18)7-10)19-12-4-2-3-11(16)8-12/h2-8,19-20H,9H2,1H3. The fourth-order valence-electron chi connectivity index (χ4n) is 1.93. The number of benzene rings is 2. The SMILES string of the molecule is CC(CO)(Nc1cccc(Br)c1)c1ccc(Cl)c(Cl)c1. The molecule has 2 aromatic rings. The normalized spacial score (nSPS) is 13.8. The summed E-state index contributed by atoms with van der Waals surface area (Å²) in [5.41, 5.74) is 1.13. The number of halogens is 3. The molecule has 0 fully saturated rings. The maximum absolute atomic E-state index is 9.78. The van der Waals surface area contributed by atoms with E-state index >= 15 is 0 Å². The number of anilines is 1. The Morgan fingerprint density at radius 1 is 1.15 bits per heavy atom. The summed E-state index contributed by atoms with van der Waals surface area (Å²) in [6.45, 7) is 1.84. The lowest BCUT2D eigenvalue weighted by atomic mass is 9.92. The van der Waals surface area contributed by atoms with Gasteiger partial charge in [-0.3, -0.25) is 0 Å². The molecule has 0 spiro atoms. The van der Waals surface area contributed by atoms with Gasteiger partial charge in [-0.2, -0.15) is 0 Å². The van der Waals surface area contributed by atoms with Gasteiger partial charge in [0.25, 0.3) is 0 Å². The number of aliphatic hydroxyl groups excluding tert-OH is 1. The van der Waals surface area contributed by atoms with Gasteiger partial charge < -0.3 is 10.4 Å². The lowest BCUT2D eigenvalue weighted by molar-refractivity contribution is 0.224. The van der Waals surface area contributed by atoms with Crippen LogP contribution in [0.5, 0.6) is 0 Å². The molecule has 0 amide bonds. The van der Waals surface area contributed by atoms with Crippen LogP contribution >= 0.6 is 39.1 Å². The highest BCUT2D eigenvalue weighted by Crippen LogP contribution is 2.31. The van der Waals surface area contributed by atoms with Crippen LogP contribution in [0.4, 0.5) is 5.69 Å². The van der Waals surface area contributed by atoms with Crippen molar-refractivity contribution in [3.8, 4) is 0 Å². The van der Waals surface area contributed by atoms with Gasteiger partial charge in [-0.1, -0.05) is 51.3 Å². The first-order valence-corrected chi connectivity index (χ1v) is 7.60. The molecule has 0 radical (unpaired) electrons. The Kier molecular flexibility index (Phi) is 4.97. The van der Waals surface area contributed by atoms with E-state index in [1.165, 1.54) is 0 Å². The summed E-state index contributed by atoms with van der Waals surface area (Å²) in [6, 6.07) is 13.1. The van der Waals surface area contributed by atoms with Crippen LogP contribution in [-0.2, 0) is 5.54 Å². The third kappa shape index (κ3) is 3.47. The molecule has 0 bridgehead atoms. The van der Waals surface area contributed by atoms with Crippen molar-refractivity contribution in [2.75, 3.05) is 11.9 Å². The van der Waals surface area contributed by atoms with E-state index in [-0.39, 0.29) is 6.61 Å². The van der Waals surface area contributed by atoms with Crippen LogP contribution in [0.1, 0.15) is 12.5 Å². The molecule has 0 aromatic heterocycles. The molecule has 20 heavy (non-hydrogen) atoms. The van der Waals surface area contributed by atoms with Crippen LogP contribution in [-0.4, -0.2) is 11.7 Å². The smallest absolute Gasteiger partial charge is 0.0828 e. The predicted molar refractivity (Wildman–Crippen MR) is 88.7 cm³/mol. The highest BCUT2D eigenvalue weighted by atomic mass is 79.9. The van der Waals surface area contributed by atoms with E-state index in [0.717, 1.165) is 15.7 Å². The average Bonchev–Trinajstić information content (AvgIpc) is 2.41. The molecule has 0 saturated heterocycles. The van der Waals surface area contributed by atoms with E-state index < -0.39 is 5.54 Å². The zero-order valence-electron chi connectivity index (χ0n) is 10.8. The van der Waals surface area contributed by atoms with Crippen LogP contribution in [0.3, 0.4) is 0 Å². The zero-order chi connectivity index (χ0) is 14.8. The van der Waals surface area contributed by atoms with Gasteiger partial charge in [-0.15, -0.1) is 0 Å². The fraction of sp³-hybridized carbons (Fsp3) is 0.200. The van der Waals surface area contributed by atoms with Gasteiger partial charge in [0.15, 0.2) is 0 Å². The van der Waals surface area contributed by atoms with Crippen molar-refractivity contribution in [3.05, 3.63) is 62.5 Å². The first kappa shape index (κ1) is 15.6. The molecule has 0 saturated carbocycles. The average molecular weight is 375 g/mol. The Bertz CT molecular complexity index is 621. The Balaban J connectivity index is 2.35. The fourth-order valence-corrected chi connectivity index (χ4v) is 2.62. The van der Waals surface area contributed by atoms with E-state index in [2.05, 4.69) is 21.2 Å². The molecule has 2 rings (SSSR count). The summed E-state index contributed by atoms with van der Waals surface area (Å²) in [4.78, 5) is 0. The molecule has 0 aliphatic rings. The van der Waals surface area contributed by atoms with Gasteiger partial charge in [0.05, 0.1) is 22.2 Å². The second-order valence-corrected chi connectivity index (χ2v) is 6.48. The number of hydrogen-bond donors (Lipinski definition) is 2. The van der Waals surface area contributed by atoms with E-state index in [1.807, 2.05) is 37.3 Å². The highest BCUT2D eigenvalue weighted by molar-refractivity contribution is 9.10. The molecule has 2 aromatic carbocycles. The molecule has 1 unspecified atom stereocenters. The molecule has 5 heteroatoms. The summed E-state index contributed by atoms with van der Waals surface area (Å²) < 4.78 is 0.969. The maximum atomic E-state index is 9.78. The van der Waals surface area contributed by atoms with Crippen LogP contribution in [0.25, 0.3) is 0 Å². The van der Waals surface area contributed by atoms with Crippen molar-refractivity contribution in [1.29, 1.82) is 0 Å². The van der Waals surface area contributed by atoms with Crippen molar-refractivity contribution in [2.24, 2.45) is 0 Å². The third-order valence-electron chi connectivity index (χ3n) is 3.12. The Hall–Kier alpha value is -0.740. The van der Waals surface area contributed by atoms with Crippen LogP contribution in [0.15, 0.2) is 46.9 Å². The third-order valence-corrected chi connectivity index (χ3v) is 4.35. The monoisotopic (exact) mass is 373 g/mol. The maximum Gasteiger partial charge on any atom is 0.0828 e. The molecular weight excluding hydrogens is 361 g/mol. The largest absolute Gasteiger partial charge is 0.394 e. The molecule has 106 valence electrons. The van der Waals surface area contributed by atoms with Crippen molar-refractivity contribution >= 4 is 44.8 Å². The number of nitrogens with one attached hydrogen (secondary N) is 1. The summed E-state index contributed by atoms with van der Waals surface area (Å²) in [7, 11) is 0. The van der Waals surface area contributed by atoms with E-state index in [9.17, 15) is 5.11 Å². The minimum Gasteiger partial charge on any atom is -0.394 e. The van der Waals surface area contributed by atoms with E-state index in [1.54, 1.807) is 12.1 Å². The van der Waals surface area contributed by atoms with E-state index in [4.69, 9.17) is 23.2 Å². The molecule has 2 nitrogen and oxygen atoms in total. The Morgan fingerprint density at radius 3 is 2.50 bits per heavy atom. The van der Waals surface area contributed by atoms with Crippen LogP contribution in [0, 0.1) is 0 Å². The minimum absolute atomic E-state index is 0.0719. The Labute approximate surface area is 136 Å². The molecule has 0 aliphatic heterocycles. The number of aliphatic hydroxyl groups is 1. The minimum atomic E-state index is -0.644. The van der Waals surface area contributed by atoms with Gasteiger partial charge in [-0.05, 0) is 42.8 Å². The van der Waals surface area contributed by atoms with Gasteiger partial charge in [0, 0.05) is 10.2 Å². The van der Waals surface area contributed by atoms with Crippen molar-refractivity contribution < 1.29 is 5.11 Å². The first-order chi connectivity index (χ1) is 9.44. The van der Waals surface area contributed by atoms with Gasteiger partial charge in [0.2, 0.25) is 0 Å². The van der Waals surface area contributed by atoms with Crippen molar-refractivity contribution in [1.82, 2.24) is 0 Å². The zero-order valence-corrected chi connectivity index (χ0v) is 13.9. The molecule has 1 atom stereocenters. The van der Waals surface area contributed by atoms with Crippen LogP contribution < -0.4 is 5.32 Å². The van der Waals surface area contributed by atoms with Crippen LogP contribution in [0.2, 0.25) is 10.0 Å². The van der Waals surface area contributed by atoms with Gasteiger partial charge in [0.1, 0.15) is 0 Å². The first-order valence-electron chi connectivity index (χ1n) is 6.05. The van der Waals surface area contributed by atoms with Gasteiger partial charge in [-0.25, -0.2) is 0 Å². The summed E-state index contributed by atoms with van der Waals surface area (Å²) >= 11 is 15.4. The topological polar surface area (TPSA) is 32.3 Å². The Morgan fingerprint density at radius 2 is 1.90 bits per heavy atom. The van der Waals surface area contributed by atoms with E-state index in [0.29, 0.717) is 10.0 Å². The van der Waals surface area contributed by atoms with Crippen molar-refractivity contribution in [2.45, 2.75) is 12.5 Å².